The van der Waals surface area contributed by atoms with Gasteiger partial charge in [0.1, 0.15) is 0 Å². The lowest BCUT2D eigenvalue weighted by Crippen LogP contribution is -2.34. The first-order valence-electron chi connectivity index (χ1n) is 9.75. The summed E-state index contributed by atoms with van der Waals surface area (Å²) < 4.78 is 0. The minimum Gasteiger partial charge on any atom is -0.332 e. The molecule has 158 valence electrons. The summed E-state index contributed by atoms with van der Waals surface area (Å²) in [6.45, 7) is 1.79. The molecule has 0 unspecified atom stereocenters. The average molecular weight is 443 g/mol. The van der Waals surface area contributed by atoms with Crippen LogP contribution in [0, 0.1) is 17.0 Å². The van der Waals surface area contributed by atoms with Crippen LogP contribution in [-0.4, -0.2) is 20.9 Å². The molecule has 7 nitrogen and oxygen atoms in total. The monoisotopic (exact) mass is 442 g/mol. The molecule has 32 heavy (non-hydrogen) atoms. The number of amides is 1. The van der Waals surface area contributed by atoms with Gasteiger partial charge in [0, 0.05) is 28.8 Å². The molecule has 0 saturated carbocycles. The maximum Gasteiger partial charge on any atom is 0.271 e. The van der Waals surface area contributed by atoms with Gasteiger partial charge in [0.15, 0.2) is 5.11 Å². The van der Waals surface area contributed by atoms with Crippen molar-refractivity contribution >= 4 is 45.5 Å². The third kappa shape index (κ3) is 4.45. The number of carbonyl (C=O) groups is 1. The molecule has 0 radical (unpaired) electrons. The number of pyridine rings is 1. The Morgan fingerprint density at radius 1 is 1.00 bits per heavy atom. The van der Waals surface area contributed by atoms with E-state index in [-0.39, 0.29) is 10.8 Å². The van der Waals surface area contributed by atoms with E-state index in [0.717, 1.165) is 11.1 Å². The van der Waals surface area contributed by atoms with Crippen LogP contribution in [0.15, 0.2) is 78.9 Å². The Morgan fingerprint density at radius 3 is 2.47 bits per heavy atom. The van der Waals surface area contributed by atoms with Crippen LogP contribution in [0.5, 0.6) is 0 Å². The molecule has 3 aromatic carbocycles. The standard InChI is InChI=1S/C24H18N4O3S/c1-15-11-12-17(28(30)31)13-21(15)26-24(32)27-23(29)19-14-22(16-7-3-2-4-8-16)25-20-10-6-5-9-18(19)20/h2-14H,1H3,(H2,26,27,29,32). The minimum atomic E-state index is -0.486. The predicted octanol–water partition coefficient (Wildman–Crippen LogP) is 5.25. The lowest BCUT2D eigenvalue weighted by atomic mass is 10.0. The van der Waals surface area contributed by atoms with Gasteiger partial charge in [-0.2, -0.15) is 0 Å². The average Bonchev–Trinajstić information content (AvgIpc) is 2.80. The Labute approximate surface area is 189 Å². The Morgan fingerprint density at radius 2 is 1.72 bits per heavy atom. The number of thiocarbonyl (C=S) groups is 1. The van der Waals surface area contributed by atoms with Crippen molar-refractivity contribution in [2.24, 2.45) is 0 Å². The topological polar surface area (TPSA) is 97.2 Å². The van der Waals surface area contributed by atoms with Crippen LogP contribution in [0.1, 0.15) is 15.9 Å². The van der Waals surface area contributed by atoms with Crippen molar-refractivity contribution in [2.75, 3.05) is 5.32 Å². The lowest BCUT2D eigenvalue weighted by Gasteiger charge is -2.13. The summed E-state index contributed by atoms with van der Waals surface area (Å²) in [6, 6.07) is 23.1. The van der Waals surface area contributed by atoms with Gasteiger partial charge in [-0.15, -0.1) is 0 Å². The molecule has 4 aromatic rings. The molecule has 2 N–H and O–H groups in total. The second kappa shape index (κ2) is 8.91. The Balaban J connectivity index is 1.63. The van der Waals surface area contributed by atoms with E-state index < -0.39 is 10.8 Å². The summed E-state index contributed by atoms with van der Waals surface area (Å²) in [7, 11) is 0. The SMILES string of the molecule is Cc1ccc([N+](=O)[O-])cc1NC(=S)NC(=O)c1cc(-c2ccccc2)nc2ccccc12. The van der Waals surface area contributed by atoms with Gasteiger partial charge in [-0.05, 0) is 36.8 Å². The van der Waals surface area contributed by atoms with Gasteiger partial charge in [-0.25, -0.2) is 4.98 Å². The van der Waals surface area contributed by atoms with Crippen molar-refractivity contribution in [3.63, 3.8) is 0 Å². The second-order valence-electron chi connectivity index (χ2n) is 7.10. The van der Waals surface area contributed by atoms with Crippen molar-refractivity contribution in [1.82, 2.24) is 10.3 Å². The number of hydrogen-bond acceptors (Lipinski definition) is 5. The number of benzene rings is 3. The number of nitrogens with zero attached hydrogens (tertiary/aromatic N) is 2. The van der Waals surface area contributed by atoms with Crippen molar-refractivity contribution in [3.05, 3.63) is 100 Å². The van der Waals surface area contributed by atoms with Crippen LogP contribution in [0.2, 0.25) is 0 Å². The number of nitro benzene ring substituents is 1. The van der Waals surface area contributed by atoms with Crippen molar-refractivity contribution in [2.45, 2.75) is 6.92 Å². The number of hydrogen-bond donors (Lipinski definition) is 2. The zero-order valence-corrected chi connectivity index (χ0v) is 17.8. The van der Waals surface area contributed by atoms with Crippen molar-refractivity contribution in [3.8, 4) is 11.3 Å². The van der Waals surface area contributed by atoms with Gasteiger partial charge < -0.3 is 5.32 Å². The van der Waals surface area contributed by atoms with E-state index in [1.807, 2.05) is 54.6 Å². The minimum absolute atomic E-state index is 0.0424. The zero-order chi connectivity index (χ0) is 22.7. The van der Waals surface area contributed by atoms with E-state index in [9.17, 15) is 14.9 Å². The van der Waals surface area contributed by atoms with E-state index >= 15 is 0 Å². The molecule has 0 saturated heterocycles. The molecule has 0 aliphatic rings. The number of non-ortho nitro benzene ring substituents is 1. The summed E-state index contributed by atoms with van der Waals surface area (Å²) in [5, 5.41) is 17.3. The van der Waals surface area contributed by atoms with Crippen LogP contribution >= 0.6 is 12.2 Å². The second-order valence-corrected chi connectivity index (χ2v) is 7.51. The van der Waals surface area contributed by atoms with Crippen LogP contribution in [0.4, 0.5) is 11.4 Å². The number of nitrogens with one attached hydrogen (secondary N) is 2. The Kier molecular flexibility index (Phi) is 5.87. The molecule has 0 spiro atoms. The molecule has 1 heterocycles. The first-order valence-corrected chi connectivity index (χ1v) is 10.2. The Hall–Kier alpha value is -4.17. The zero-order valence-electron chi connectivity index (χ0n) is 17.0. The highest BCUT2D eigenvalue weighted by atomic mass is 32.1. The fourth-order valence-corrected chi connectivity index (χ4v) is 3.50. The van der Waals surface area contributed by atoms with Gasteiger partial charge in [0.2, 0.25) is 0 Å². The molecule has 1 amide bonds. The van der Waals surface area contributed by atoms with Gasteiger partial charge in [-0.1, -0.05) is 54.6 Å². The third-order valence-electron chi connectivity index (χ3n) is 4.94. The fraction of sp³-hybridized carbons (Fsp3) is 0.0417. The molecule has 0 bridgehead atoms. The molecule has 0 aliphatic carbocycles. The van der Waals surface area contributed by atoms with Crippen LogP contribution in [-0.2, 0) is 0 Å². The number of carbonyl (C=O) groups excluding carboxylic acids is 1. The fourth-order valence-electron chi connectivity index (χ4n) is 3.30. The van der Waals surface area contributed by atoms with Gasteiger partial charge in [-0.3, -0.25) is 20.2 Å². The number of rotatable bonds is 4. The molecule has 0 aliphatic heterocycles. The van der Waals surface area contributed by atoms with E-state index in [1.54, 1.807) is 19.1 Å². The predicted molar refractivity (Wildman–Crippen MR) is 129 cm³/mol. The first kappa shape index (κ1) is 21.1. The molecule has 0 atom stereocenters. The summed E-state index contributed by atoms with van der Waals surface area (Å²) in [5.74, 6) is -0.402. The molecular formula is C24H18N4O3S. The van der Waals surface area contributed by atoms with Crippen LogP contribution in [0.3, 0.4) is 0 Å². The molecule has 1 aromatic heterocycles. The molecular weight excluding hydrogens is 424 g/mol. The van der Waals surface area contributed by atoms with E-state index in [4.69, 9.17) is 12.2 Å². The number of fused-ring (bicyclic) bond motifs is 1. The maximum absolute atomic E-state index is 13.1. The summed E-state index contributed by atoms with van der Waals surface area (Å²) in [5.41, 5.74) is 3.81. The number of aromatic nitrogens is 1. The van der Waals surface area contributed by atoms with Crippen molar-refractivity contribution < 1.29 is 9.72 Å². The maximum atomic E-state index is 13.1. The van der Waals surface area contributed by atoms with Gasteiger partial charge in [0.25, 0.3) is 11.6 Å². The Bertz CT molecular complexity index is 1360. The van der Waals surface area contributed by atoms with Crippen molar-refractivity contribution in [1.29, 1.82) is 0 Å². The smallest absolute Gasteiger partial charge is 0.271 e. The van der Waals surface area contributed by atoms with Gasteiger partial charge >= 0.3 is 0 Å². The van der Waals surface area contributed by atoms with E-state index in [0.29, 0.717) is 27.8 Å². The van der Waals surface area contributed by atoms with Crippen LogP contribution < -0.4 is 10.6 Å². The van der Waals surface area contributed by atoms with E-state index in [1.165, 1.54) is 12.1 Å². The molecule has 0 fully saturated rings. The highest BCUT2D eigenvalue weighted by molar-refractivity contribution is 7.80. The quantitative estimate of drug-likeness (QED) is 0.255. The third-order valence-corrected chi connectivity index (χ3v) is 5.14. The van der Waals surface area contributed by atoms with Gasteiger partial charge in [0.05, 0.1) is 21.7 Å². The normalized spacial score (nSPS) is 10.5. The summed E-state index contributed by atoms with van der Waals surface area (Å²) >= 11 is 5.30. The molecule has 8 heteroatoms. The summed E-state index contributed by atoms with van der Waals surface area (Å²) in [6.07, 6.45) is 0. The summed E-state index contributed by atoms with van der Waals surface area (Å²) in [4.78, 5) is 28.4. The lowest BCUT2D eigenvalue weighted by molar-refractivity contribution is -0.384. The highest BCUT2D eigenvalue weighted by Gasteiger charge is 2.16. The number of aryl methyl sites for hydroxylation is 1. The highest BCUT2D eigenvalue weighted by Crippen LogP contribution is 2.25. The largest absolute Gasteiger partial charge is 0.332 e. The molecule has 4 rings (SSSR count). The number of nitro groups is 1. The number of anilines is 1. The van der Waals surface area contributed by atoms with Crippen LogP contribution in [0.25, 0.3) is 22.2 Å². The first-order chi connectivity index (χ1) is 15.4. The number of para-hydroxylation sites is 1. The van der Waals surface area contributed by atoms with E-state index in [2.05, 4.69) is 15.6 Å².